The van der Waals surface area contributed by atoms with E-state index in [9.17, 15) is 4.39 Å². The quantitative estimate of drug-likeness (QED) is 0.751. The lowest BCUT2D eigenvalue weighted by molar-refractivity contribution is 0.625. The number of anilines is 1. The van der Waals surface area contributed by atoms with Gasteiger partial charge in [0.25, 0.3) is 0 Å². The standard InChI is InChI=1S/C14H14FN7/c1-2-12(9-3-5-11(15)6-4-9)18-14-16-7-10(8-17-14)13-19-21-22-20-13/h3-8,12H,2H2,1H3,(H,16,17,18)(H,19,20,21,22). The number of hydrogen-bond acceptors (Lipinski definition) is 6. The van der Waals surface area contributed by atoms with Crippen molar-refractivity contribution in [1.29, 1.82) is 0 Å². The van der Waals surface area contributed by atoms with Crippen molar-refractivity contribution < 1.29 is 4.39 Å². The Bertz CT molecular complexity index is 710. The lowest BCUT2D eigenvalue weighted by atomic mass is 10.0. The summed E-state index contributed by atoms with van der Waals surface area (Å²) in [7, 11) is 0. The van der Waals surface area contributed by atoms with Gasteiger partial charge in [0.15, 0.2) is 0 Å². The highest BCUT2D eigenvalue weighted by Crippen LogP contribution is 2.21. The number of H-pyrrole nitrogens is 1. The maximum Gasteiger partial charge on any atom is 0.223 e. The zero-order valence-corrected chi connectivity index (χ0v) is 11.9. The molecule has 2 aromatic heterocycles. The van der Waals surface area contributed by atoms with E-state index in [1.807, 2.05) is 6.92 Å². The highest BCUT2D eigenvalue weighted by molar-refractivity contribution is 5.51. The number of nitrogens with zero attached hydrogens (tertiary/aromatic N) is 5. The third kappa shape index (κ3) is 3.05. The molecule has 8 heteroatoms. The van der Waals surface area contributed by atoms with Crippen molar-refractivity contribution in [3.8, 4) is 11.4 Å². The van der Waals surface area contributed by atoms with Gasteiger partial charge in [-0.05, 0) is 29.3 Å². The molecule has 0 spiro atoms. The SMILES string of the molecule is CCC(Nc1ncc(-c2nn[nH]n2)cn1)c1ccc(F)cc1. The third-order valence-electron chi connectivity index (χ3n) is 3.24. The Hall–Kier alpha value is -2.90. The molecule has 0 radical (unpaired) electrons. The van der Waals surface area contributed by atoms with Crippen LogP contribution < -0.4 is 5.32 Å². The van der Waals surface area contributed by atoms with Crippen molar-refractivity contribution in [3.05, 3.63) is 48.0 Å². The zero-order valence-electron chi connectivity index (χ0n) is 11.9. The number of rotatable bonds is 5. The van der Waals surface area contributed by atoms with Gasteiger partial charge in [-0.1, -0.05) is 19.1 Å². The summed E-state index contributed by atoms with van der Waals surface area (Å²) in [5.41, 5.74) is 1.66. The van der Waals surface area contributed by atoms with Crippen LogP contribution in [0.4, 0.5) is 10.3 Å². The monoisotopic (exact) mass is 299 g/mol. The summed E-state index contributed by atoms with van der Waals surface area (Å²) < 4.78 is 13.0. The fourth-order valence-electron chi connectivity index (χ4n) is 2.07. The molecule has 0 aliphatic rings. The number of tetrazole rings is 1. The Morgan fingerprint density at radius 2 is 1.91 bits per heavy atom. The molecule has 1 atom stereocenters. The minimum absolute atomic E-state index is 0.0108. The molecule has 1 aromatic carbocycles. The number of benzene rings is 1. The second-order valence-electron chi connectivity index (χ2n) is 4.69. The normalized spacial score (nSPS) is 12.1. The van der Waals surface area contributed by atoms with Crippen LogP contribution in [0.1, 0.15) is 24.9 Å². The van der Waals surface area contributed by atoms with Gasteiger partial charge in [0.05, 0.1) is 11.6 Å². The van der Waals surface area contributed by atoms with Crippen molar-refractivity contribution in [2.45, 2.75) is 19.4 Å². The van der Waals surface area contributed by atoms with Crippen LogP contribution in [-0.2, 0) is 0 Å². The van der Waals surface area contributed by atoms with Gasteiger partial charge in [-0.25, -0.2) is 14.4 Å². The maximum atomic E-state index is 13.0. The number of nitrogens with one attached hydrogen (secondary N) is 2. The van der Waals surface area contributed by atoms with E-state index >= 15 is 0 Å². The Morgan fingerprint density at radius 1 is 1.18 bits per heavy atom. The van der Waals surface area contributed by atoms with Gasteiger partial charge in [0.2, 0.25) is 11.8 Å². The molecule has 22 heavy (non-hydrogen) atoms. The van der Waals surface area contributed by atoms with E-state index in [1.165, 1.54) is 12.1 Å². The van der Waals surface area contributed by atoms with Crippen LogP contribution in [0.5, 0.6) is 0 Å². The molecule has 0 saturated carbocycles. The van der Waals surface area contributed by atoms with Gasteiger partial charge in [0, 0.05) is 12.4 Å². The summed E-state index contributed by atoms with van der Waals surface area (Å²) >= 11 is 0. The Balaban J connectivity index is 1.75. The molecule has 1 unspecified atom stereocenters. The second kappa shape index (κ2) is 6.25. The van der Waals surface area contributed by atoms with Gasteiger partial charge < -0.3 is 5.32 Å². The number of aromatic amines is 1. The van der Waals surface area contributed by atoms with E-state index in [2.05, 4.69) is 35.9 Å². The fourth-order valence-corrected chi connectivity index (χ4v) is 2.07. The van der Waals surface area contributed by atoms with E-state index in [4.69, 9.17) is 0 Å². The minimum atomic E-state index is -0.251. The first-order valence-electron chi connectivity index (χ1n) is 6.84. The molecular weight excluding hydrogens is 285 g/mol. The first-order valence-corrected chi connectivity index (χ1v) is 6.84. The number of aromatic nitrogens is 6. The van der Waals surface area contributed by atoms with Gasteiger partial charge in [-0.2, -0.15) is 5.21 Å². The molecular formula is C14H14FN7. The largest absolute Gasteiger partial charge is 0.347 e. The van der Waals surface area contributed by atoms with E-state index in [0.717, 1.165) is 12.0 Å². The Kier molecular flexibility index (Phi) is 3.99. The average molecular weight is 299 g/mol. The molecule has 2 heterocycles. The van der Waals surface area contributed by atoms with Gasteiger partial charge in [-0.3, -0.25) is 0 Å². The van der Waals surface area contributed by atoms with Gasteiger partial charge in [-0.15, -0.1) is 10.2 Å². The van der Waals surface area contributed by atoms with Crippen LogP contribution in [0, 0.1) is 5.82 Å². The van der Waals surface area contributed by atoms with E-state index < -0.39 is 0 Å². The predicted molar refractivity (Wildman–Crippen MR) is 78.3 cm³/mol. The zero-order chi connectivity index (χ0) is 15.4. The van der Waals surface area contributed by atoms with Gasteiger partial charge in [0.1, 0.15) is 5.82 Å². The summed E-state index contributed by atoms with van der Waals surface area (Å²) in [4.78, 5) is 8.50. The maximum absolute atomic E-state index is 13.0. The molecule has 3 aromatic rings. The molecule has 0 aliphatic heterocycles. The second-order valence-corrected chi connectivity index (χ2v) is 4.69. The van der Waals surface area contributed by atoms with Gasteiger partial charge >= 0.3 is 0 Å². The fraction of sp³-hybridized carbons (Fsp3) is 0.214. The number of hydrogen-bond donors (Lipinski definition) is 2. The lowest BCUT2D eigenvalue weighted by Gasteiger charge is -2.17. The summed E-state index contributed by atoms with van der Waals surface area (Å²) in [5.74, 6) is 0.680. The molecule has 0 bridgehead atoms. The summed E-state index contributed by atoms with van der Waals surface area (Å²) in [6.45, 7) is 2.04. The highest BCUT2D eigenvalue weighted by atomic mass is 19.1. The molecule has 112 valence electrons. The van der Waals surface area contributed by atoms with Crippen LogP contribution >= 0.6 is 0 Å². The number of halogens is 1. The molecule has 0 amide bonds. The first kappa shape index (κ1) is 14.1. The van der Waals surface area contributed by atoms with Crippen LogP contribution in [-0.4, -0.2) is 30.6 Å². The third-order valence-corrected chi connectivity index (χ3v) is 3.24. The van der Waals surface area contributed by atoms with Crippen LogP contribution in [0.3, 0.4) is 0 Å². The van der Waals surface area contributed by atoms with E-state index in [-0.39, 0.29) is 11.9 Å². The van der Waals surface area contributed by atoms with Crippen LogP contribution in [0.2, 0.25) is 0 Å². The van der Waals surface area contributed by atoms with Crippen molar-refractivity contribution in [2.24, 2.45) is 0 Å². The summed E-state index contributed by atoms with van der Waals surface area (Å²) in [5, 5.41) is 16.8. The molecule has 0 saturated heterocycles. The highest BCUT2D eigenvalue weighted by Gasteiger charge is 2.11. The summed E-state index contributed by atoms with van der Waals surface area (Å²) in [6.07, 6.45) is 4.07. The first-order chi connectivity index (χ1) is 10.8. The summed E-state index contributed by atoms with van der Waals surface area (Å²) in [6, 6.07) is 6.41. The molecule has 0 aliphatic carbocycles. The Labute approximate surface area is 126 Å². The Morgan fingerprint density at radius 3 is 2.50 bits per heavy atom. The predicted octanol–water partition coefficient (Wildman–Crippen LogP) is 2.36. The molecule has 0 fully saturated rings. The van der Waals surface area contributed by atoms with E-state index in [1.54, 1.807) is 24.5 Å². The van der Waals surface area contributed by atoms with Crippen molar-refractivity contribution in [2.75, 3.05) is 5.32 Å². The minimum Gasteiger partial charge on any atom is -0.347 e. The average Bonchev–Trinajstić information content (AvgIpc) is 3.09. The van der Waals surface area contributed by atoms with Crippen molar-refractivity contribution in [1.82, 2.24) is 30.6 Å². The van der Waals surface area contributed by atoms with Crippen LogP contribution in [0.15, 0.2) is 36.7 Å². The molecule has 7 nitrogen and oxygen atoms in total. The lowest BCUT2D eigenvalue weighted by Crippen LogP contribution is -2.12. The van der Waals surface area contributed by atoms with Crippen LogP contribution in [0.25, 0.3) is 11.4 Å². The van der Waals surface area contributed by atoms with E-state index in [0.29, 0.717) is 17.3 Å². The molecule has 2 N–H and O–H groups in total. The molecule has 3 rings (SSSR count). The van der Waals surface area contributed by atoms with Crippen molar-refractivity contribution >= 4 is 5.95 Å². The van der Waals surface area contributed by atoms with Crippen molar-refractivity contribution in [3.63, 3.8) is 0 Å². The topological polar surface area (TPSA) is 92.3 Å². The smallest absolute Gasteiger partial charge is 0.223 e.